The maximum atomic E-state index is 12.7. The number of fused-ring (bicyclic) bond motifs is 1. The third-order valence-electron chi connectivity index (χ3n) is 6.03. The molecule has 4 rings (SSSR count). The number of nitrogens with zero attached hydrogens (tertiary/aromatic N) is 1. The van der Waals surface area contributed by atoms with Gasteiger partial charge in [0.05, 0.1) is 10.2 Å². The van der Waals surface area contributed by atoms with Crippen molar-refractivity contribution in [1.82, 2.24) is 5.32 Å². The molecule has 192 valence electrons. The topological polar surface area (TPSA) is 71.3 Å². The van der Waals surface area contributed by atoms with Gasteiger partial charge in [0.2, 0.25) is 0 Å². The summed E-state index contributed by atoms with van der Waals surface area (Å²) in [7, 11) is 0. The lowest BCUT2D eigenvalue weighted by atomic mass is 10.1. The quantitative estimate of drug-likeness (QED) is 0.0847. The van der Waals surface area contributed by atoms with Crippen molar-refractivity contribution >= 4 is 45.3 Å². The van der Waals surface area contributed by atoms with Crippen LogP contribution in [0.2, 0.25) is 0 Å². The summed E-state index contributed by atoms with van der Waals surface area (Å²) in [6, 6.07) is 30.2. The minimum atomic E-state index is -0.384. The molecule has 0 aliphatic carbocycles. The van der Waals surface area contributed by atoms with E-state index in [4.69, 9.17) is 9.47 Å². The second-order valence-electron chi connectivity index (χ2n) is 8.70. The predicted molar refractivity (Wildman–Crippen MR) is 160 cm³/mol. The second kappa shape index (κ2) is 13.6. The zero-order valence-electron chi connectivity index (χ0n) is 21.2. The average molecular weight is 616 g/mol. The number of rotatable bonds is 11. The van der Waals surface area contributed by atoms with Gasteiger partial charge in [-0.3, -0.25) is 4.79 Å². The van der Waals surface area contributed by atoms with E-state index in [0.29, 0.717) is 36.8 Å². The Morgan fingerprint density at radius 1 is 1.00 bits per heavy atom. The third kappa shape index (κ3) is 7.14. The van der Waals surface area contributed by atoms with Crippen molar-refractivity contribution in [3.63, 3.8) is 0 Å². The van der Waals surface area contributed by atoms with Gasteiger partial charge in [0.15, 0.2) is 11.5 Å². The normalized spacial score (nSPS) is 11.1. The molecule has 6 heteroatoms. The van der Waals surface area contributed by atoms with E-state index in [9.17, 15) is 10.1 Å². The van der Waals surface area contributed by atoms with Crippen LogP contribution in [0.4, 0.5) is 0 Å². The fourth-order valence-electron chi connectivity index (χ4n) is 4.19. The van der Waals surface area contributed by atoms with E-state index < -0.39 is 0 Å². The molecule has 0 atom stereocenters. The Morgan fingerprint density at radius 3 is 2.55 bits per heavy atom. The van der Waals surface area contributed by atoms with Gasteiger partial charge in [-0.05, 0) is 88.0 Å². The van der Waals surface area contributed by atoms with Gasteiger partial charge in [-0.15, -0.1) is 0 Å². The van der Waals surface area contributed by atoms with Crippen molar-refractivity contribution in [3.8, 4) is 17.6 Å². The molecular formula is C32H29IN2O3. The van der Waals surface area contributed by atoms with E-state index >= 15 is 0 Å². The zero-order chi connectivity index (χ0) is 26.7. The molecule has 4 aromatic carbocycles. The number of hydrogen-bond acceptors (Lipinski definition) is 4. The van der Waals surface area contributed by atoms with Crippen molar-refractivity contribution in [2.45, 2.75) is 26.4 Å². The third-order valence-corrected chi connectivity index (χ3v) is 6.83. The molecule has 0 unspecified atom stereocenters. The minimum absolute atomic E-state index is 0.0485. The Balaban J connectivity index is 1.46. The van der Waals surface area contributed by atoms with Crippen LogP contribution in [-0.4, -0.2) is 19.1 Å². The molecule has 0 saturated heterocycles. The van der Waals surface area contributed by atoms with Gasteiger partial charge in [-0.25, -0.2) is 0 Å². The van der Waals surface area contributed by atoms with Crippen LogP contribution in [0.15, 0.2) is 90.5 Å². The molecule has 38 heavy (non-hydrogen) atoms. The molecule has 4 aromatic rings. The molecule has 0 aliphatic rings. The highest BCUT2D eigenvalue weighted by molar-refractivity contribution is 14.1. The molecule has 0 aliphatic heterocycles. The van der Waals surface area contributed by atoms with Gasteiger partial charge in [0.1, 0.15) is 18.2 Å². The Labute approximate surface area is 237 Å². The highest BCUT2D eigenvalue weighted by Crippen LogP contribution is 2.36. The molecule has 0 aromatic heterocycles. The number of halogens is 1. The summed E-state index contributed by atoms with van der Waals surface area (Å²) < 4.78 is 13.0. The van der Waals surface area contributed by atoms with Crippen molar-refractivity contribution in [2.75, 3.05) is 13.2 Å². The number of carbonyl (C=O) groups excluding carboxylic acids is 1. The van der Waals surface area contributed by atoms with Gasteiger partial charge in [0, 0.05) is 6.54 Å². The minimum Gasteiger partial charge on any atom is -0.490 e. The van der Waals surface area contributed by atoms with Crippen LogP contribution in [-0.2, 0) is 17.8 Å². The van der Waals surface area contributed by atoms with Crippen LogP contribution in [0.3, 0.4) is 0 Å². The Bertz CT molecular complexity index is 1470. The Hall–Kier alpha value is -3.83. The summed E-state index contributed by atoms with van der Waals surface area (Å²) in [5.74, 6) is 0.831. The maximum Gasteiger partial charge on any atom is 0.261 e. The van der Waals surface area contributed by atoms with Gasteiger partial charge < -0.3 is 14.8 Å². The number of aryl methyl sites for hydroxylation is 1. The molecule has 1 amide bonds. The standard InChI is InChI=1S/C32H29IN2O3/c1-2-37-30-20-24(18-27(21-34)32(36)35-17-9-12-23-10-4-3-5-11-23)19-29(33)31(30)38-22-26-15-8-14-25-13-6-7-16-28(25)26/h3-8,10-11,13-16,18-20H,2,9,12,17,22H2,1H3,(H,35,36)/b27-18-. The van der Waals surface area contributed by atoms with E-state index in [2.05, 4.69) is 64.3 Å². The summed E-state index contributed by atoms with van der Waals surface area (Å²) in [6.45, 7) is 3.26. The average Bonchev–Trinajstić information content (AvgIpc) is 2.94. The second-order valence-corrected chi connectivity index (χ2v) is 9.87. The first kappa shape index (κ1) is 27.2. The summed E-state index contributed by atoms with van der Waals surface area (Å²) >= 11 is 2.20. The highest BCUT2D eigenvalue weighted by Gasteiger charge is 2.15. The summed E-state index contributed by atoms with van der Waals surface area (Å²) in [5, 5.41) is 14.8. The Kier molecular flexibility index (Phi) is 9.77. The monoisotopic (exact) mass is 616 g/mol. The number of hydrogen-bond donors (Lipinski definition) is 1. The molecule has 1 N–H and O–H groups in total. The first-order chi connectivity index (χ1) is 18.6. The fraction of sp³-hybridized carbons (Fsp3) is 0.188. The van der Waals surface area contributed by atoms with Crippen molar-refractivity contribution in [3.05, 3.63) is 111 Å². The zero-order valence-corrected chi connectivity index (χ0v) is 23.4. The van der Waals surface area contributed by atoms with E-state index in [0.717, 1.165) is 32.7 Å². The number of nitriles is 1. The number of amides is 1. The van der Waals surface area contributed by atoms with Gasteiger partial charge in [-0.2, -0.15) is 5.26 Å². The molecular weight excluding hydrogens is 587 g/mol. The molecule has 0 heterocycles. The maximum absolute atomic E-state index is 12.7. The molecule has 5 nitrogen and oxygen atoms in total. The van der Waals surface area contributed by atoms with E-state index in [1.807, 2.05) is 61.5 Å². The van der Waals surface area contributed by atoms with Crippen LogP contribution in [0.5, 0.6) is 11.5 Å². The first-order valence-corrected chi connectivity index (χ1v) is 13.7. The lowest BCUT2D eigenvalue weighted by Gasteiger charge is -2.16. The molecule has 0 bridgehead atoms. The first-order valence-electron chi connectivity index (χ1n) is 12.6. The lowest BCUT2D eigenvalue weighted by molar-refractivity contribution is -0.117. The number of ether oxygens (including phenoxy) is 2. The van der Waals surface area contributed by atoms with Gasteiger partial charge >= 0.3 is 0 Å². The molecule has 0 saturated carbocycles. The van der Waals surface area contributed by atoms with Gasteiger partial charge in [0.25, 0.3) is 5.91 Å². The van der Waals surface area contributed by atoms with Crippen molar-refractivity contribution < 1.29 is 14.3 Å². The number of nitrogens with one attached hydrogen (secondary N) is 1. The van der Waals surface area contributed by atoms with Gasteiger partial charge in [-0.1, -0.05) is 72.8 Å². The van der Waals surface area contributed by atoms with E-state index in [-0.39, 0.29) is 11.5 Å². The molecule has 0 spiro atoms. The summed E-state index contributed by atoms with van der Waals surface area (Å²) in [5.41, 5.74) is 3.05. The van der Waals surface area contributed by atoms with Crippen LogP contribution < -0.4 is 14.8 Å². The molecule has 0 radical (unpaired) electrons. The smallest absolute Gasteiger partial charge is 0.261 e. The Morgan fingerprint density at radius 2 is 1.76 bits per heavy atom. The fourth-order valence-corrected chi connectivity index (χ4v) is 4.97. The van der Waals surface area contributed by atoms with Crippen LogP contribution in [0.25, 0.3) is 16.8 Å². The highest BCUT2D eigenvalue weighted by atomic mass is 127. The van der Waals surface area contributed by atoms with Crippen LogP contribution in [0.1, 0.15) is 30.0 Å². The molecule has 0 fully saturated rings. The van der Waals surface area contributed by atoms with Crippen molar-refractivity contribution in [1.29, 1.82) is 5.26 Å². The predicted octanol–water partition coefficient (Wildman–Crippen LogP) is 7.08. The summed E-state index contributed by atoms with van der Waals surface area (Å²) in [4.78, 5) is 12.7. The van der Waals surface area contributed by atoms with Crippen molar-refractivity contribution in [2.24, 2.45) is 0 Å². The SMILES string of the molecule is CCOc1cc(/C=C(/C#N)C(=O)NCCCc2ccccc2)cc(I)c1OCc1cccc2ccccc12. The van der Waals surface area contributed by atoms with Crippen LogP contribution >= 0.6 is 22.6 Å². The van der Waals surface area contributed by atoms with E-state index in [1.165, 1.54) is 5.56 Å². The summed E-state index contributed by atoms with van der Waals surface area (Å²) in [6.07, 6.45) is 3.25. The number of carbonyl (C=O) groups is 1. The largest absolute Gasteiger partial charge is 0.490 e. The lowest BCUT2D eigenvalue weighted by Crippen LogP contribution is -2.25. The van der Waals surface area contributed by atoms with E-state index in [1.54, 1.807) is 6.08 Å². The number of benzene rings is 4. The van der Waals surface area contributed by atoms with Crippen LogP contribution in [0, 0.1) is 14.9 Å².